The maximum absolute atomic E-state index is 14.1. The number of nitrogens with zero attached hydrogens (tertiary/aromatic N) is 2. The van der Waals surface area contributed by atoms with Crippen LogP contribution in [0.1, 0.15) is 28.8 Å². The average molecular weight is 291 g/mol. The number of nitrogen functional groups attached to an aromatic ring is 1. The predicted octanol–water partition coefficient (Wildman–Crippen LogP) is 1.16. The number of benzene rings is 1. The highest BCUT2D eigenvalue weighted by atomic mass is 19.1. The van der Waals surface area contributed by atoms with Crippen LogP contribution in [-0.2, 0) is 4.79 Å². The lowest BCUT2D eigenvalue weighted by molar-refractivity contribution is -0.130. The molecule has 0 aliphatic carbocycles. The van der Waals surface area contributed by atoms with Gasteiger partial charge in [0.1, 0.15) is 5.82 Å². The van der Waals surface area contributed by atoms with Gasteiger partial charge < -0.3 is 15.5 Å². The fourth-order valence-electron chi connectivity index (χ4n) is 3.17. The van der Waals surface area contributed by atoms with Crippen molar-refractivity contribution >= 4 is 17.5 Å². The summed E-state index contributed by atoms with van der Waals surface area (Å²) in [7, 11) is 0. The number of carbonyl (C=O) groups is 2. The zero-order chi connectivity index (χ0) is 15.1. The van der Waals surface area contributed by atoms with Crippen molar-refractivity contribution in [1.82, 2.24) is 9.80 Å². The topological polar surface area (TPSA) is 66.6 Å². The molecule has 3 rings (SSSR count). The predicted molar refractivity (Wildman–Crippen MR) is 76.2 cm³/mol. The summed E-state index contributed by atoms with van der Waals surface area (Å²) < 4.78 is 14.1. The number of hydrogen-bond donors (Lipinski definition) is 1. The van der Waals surface area contributed by atoms with Crippen LogP contribution in [0.5, 0.6) is 0 Å². The van der Waals surface area contributed by atoms with E-state index in [0.29, 0.717) is 37.3 Å². The molecule has 0 aromatic heterocycles. The fraction of sp³-hybridized carbons (Fsp3) is 0.467. The van der Waals surface area contributed by atoms with Gasteiger partial charge in [0.2, 0.25) is 5.91 Å². The Morgan fingerprint density at radius 3 is 2.90 bits per heavy atom. The molecule has 0 saturated carbocycles. The number of hydrogen-bond acceptors (Lipinski definition) is 3. The van der Waals surface area contributed by atoms with E-state index in [1.165, 1.54) is 12.1 Å². The lowest BCUT2D eigenvalue weighted by atomic mass is 10.1. The number of piperazine rings is 1. The Bertz CT molecular complexity index is 617. The smallest absolute Gasteiger partial charge is 0.257 e. The van der Waals surface area contributed by atoms with Crippen LogP contribution in [-0.4, -0.2) is 47.3 Å². The number of fused-ring (bicyclic) bond motifs is 1. The van der Waals surface area contributed by atoms with Crippen molar-refractivity contribution < 1.29 is 14.0 Å². The molecule has 6 heteroatoms. The van der Waals surface area contributed by atoms with Gasteiger partial charge in [-0.3, -0.25) is 9.59 Å². The van der Waals surface area contributed by atoms with Crippen molar-refractivity contribution in [2.75, 3.05) is 25.4 Å². The van der Waals surface area contributed by atoms with Crippen LogP contribution < -0.4 is 5.73 Å². The number of carbonyl (C=O) groups excluding carboxylic acids is 2. The molecule has 1 aromatic rings. The maximum atomic E-state index is 14.1. The first-order valence-electron chi connectivity index (χ1n) is 7.11. The van der Waals surface area contributed by atoms with Gasteiger partial charge in [0.15, 0.2) is 0 Å². The molecule has 1 unspecified atom stereocenters. The molecule has 2 amide bonds. The summed E-state index contributed by atoms with van der Waals surface area (Å²) >= 11 is 0. The lowest BCUT2D eigenvalue weighted by Gasteiger charge is -2.37. The number of nitrogens with two attached hydrogens (primary N) is 1. The van der Waals surface area contributed by atoms with Crippen molar-refractivity contribution in [3.05, 3.63) is 29.1 Å². The molecule has 112 valence electrons. The van der Waals surface area contributed by atoms with Crippen molar-refractivity contribution in [3.63, 3.8) is 0 Å². The number of halogens is 1. The van der Waals surface area contributed by atoms with E-state index >= 15 is 0 Å². The van der Waals surface area contributed by atoms with Crippen LogP contribution in [0.4, 0.5) is 10.1 Å². The SMILES string of the molecule is Cc1cc(N)cc(C(=O)N2CCN3C(=O)CCC3C2)c1F. The van der Waals surface area contributed by atoms with Gasteiger partial charge in [-0.1, -0.05) is 0 Å². The van der Waals surface area contributed by atoms with Gasteiger partial charge in [0, 0.05) is 37.8 Å². The van der Waals surface area contributed by atoms with E-state index in [4.69, 9.17) is 5.73 Å². The molecule has 0 bridgehead atoms. The van der Waals surface area contributed by atoms with E-state index in [-0.39, 0.29) is 23.4 Å². The van der Waals surface area contributed by atoms with Gasteiger partial charge in [0.25, 0.3) is 5.91 Å². The molecule has 0 spiro atoms. The Labute approximate surface area is 122 Å². The first kappa shape index (κ1) is 13.9. The molecule has 2 N–H and O–H groups in total. The summed E-state index contributed by atoms with van der Waals surface area (Å²) in [5.74, 6) is -0.709. The first-order chi connectivity index (χ1) is 9.97. The number of anilines is 1. The highest BCUT2D eigenvalue weighted by Gasteiger charge is 2.37. The third kappa shape index (κ3) is 2.34. The Morgan fingerprint density at radius 1 is 1.38 bits per heavy atom. The third-order valence-electron chi connectivity index (χ3n) is 4.29. The summed E-state index contributed by atoms with van der Waals surface area (Å²) in [4.78, 5) is 27.6. The number of aryl methyl sites for hydroxylation is 1. The molecule has 2 aliphatic rings. The van der Waals surface area contributed by atoms with E-state index in [2.05, 4.69) is 0 Å². The molecule has 2 heterocycles. The second-order valence-corrected chi connectivity index (χ2v) is 5.73. The zero-order valence-corrected chi connectivity index (χ0v) is 11.9. The Hall–Kier alpha value is -2.11. The van der Waals surface area contributed by atoms with Gasteiger partial charge in [-0.2, -0.15) is 0 Å². The van der Waals surface area contributed by atoms with Crippen LogP contribution in [0.25, 0.3) is 0 Å². The van der Waals surface area contributed by atoms with Crippen molar-refractivity contribution in [2.45, 2.75) is 25.8 Å². The van der Waals surface area contributed by atoms with Crippen molar-refractivity contribution in [2.24, 2.45) is 0 Å². The molecule has 5 nitrogen and oxygen atoms in total. The number of amides is 2. The summed E-state index contributed by atoms with van der Waals surface area (Å²) in [5.41, 5.74) is 6.48. The number of rotatable bonds is 1. The monoisotopic (exact) mass is 291 g/mol. The molecule has 21 heavy (non-hydrogen) atoms. The quantitative estimate of drug-likeness (QED) is 0.790. The summed E-state index contributed by atoms with van der Waals surface area (Å²) in [6.45, 7) is 3.03. The summed E-state index contributed by atoms with van der Waals surface area (Å²) in [6.07, 6.45) is 1.31. The zero-order valence-electron chi connectivity index (χ0n) is 11.9. The normalized spacial score (nSPS) is 21.6. The minimum atomic E-state index is -0.515. The van der Waals surface area contributed by atoms with Crippen LogP contribution in [0, 0.1) is 12.7 Å². The van der Waals surface area contributed by atoms with Gasteiger partial charge in [0.05, 0.1) is 5.56 Å². The van der Waals surface area contributed by atoms with Crippen LogP contribution in [0.15, 0.2) is 12.1 Å². The van der Waals surface area contributed by atoms with Gasteiger partial charge >= 0.3 is 0 Å². The van der Waals surface area contributed by atoms with Crippen LogP contribution in [0.2, 0.25) is 0 Å². The minimum absolute atomic E-state index is 0.0188. The van der Waals surface area contributed by atoms with E-state index in [0.717, 1.165) is 6.42 Å². The van der Waals surface area contributed by atoms with Gasteiger partial charge in [-0.05, 0) is 31.0 Å². The summed E-state index contributed by atoms with van der Waals surface area (Å²) in [5, 5.41) is 0. The molecule has 2 saturated heterocycles. The van der Waals surface area contributed by atoms with E-state index in [1.807, 2.05) is 4.90 Å². The molecular weight excluding hydrogens is 273 g/mol. The van der Waals surface area contributed by atoms with Crippen LogP contribution in [0.3, 0.4) is 0 Å². The standard InChI is InChI=1S/C15H18FN3O2/c1-9-6-10(17)7-12(14(9)16)15(21)18-4-5-19-11(8-18)2-3-13(19)20/h6-7,11H,2-5,8,17H2,1H3. The van der Waals surface area contributed by atoms with Gasteiger partial charge in [-0.25, -0.2) is 4.39 Å². The molecule has 1 atom stereocenters. The van der Waals surface area contributed by atoms with Crippen LogP contribution >= 0.6 is 0 Å². The van der Waals surface area contributed by atoms with E-state index in [1.54, 1.807) is 11.8 Å². The third-order valence-corrected chi connectivity index (χ3v) is 4.29. The molecular formula is C15H18FN3O2. The second-order valence-electron chi connectivity index (χ2n) is 5.73. The highest BCUT2D eigenvalue weighted by molar-refractivity contribution is 5.96. The summed E-state index contributed by atoms with van der Waals surface area (Å²) in [6, 6.07) is 2.97. The Morgan fingerprint density at radius 2 is 2.14 bits per heavy atom. The van der Waals surface area contributed by atoms with Gasteiger partial charge in [-0.15, -0.1) is 0 Å². The maximum Gasteiger partial charge on any atom is 0.257 e. The highest BCUT2D eigenvalue weighted by Crippen LogP contribution is 2.25. The van der Waals surface area contributed by atoms with E-state index < -0.39 is 5.82 Å². The second kappa shape index (κ2) is 5.02. The molecule has 1 aromatic carbocycles. The lowest BCUT2D eigenvalue weighted by Crippen LogP contribution is -2.53. The largest absolute Gasteiger partial charge is 0.399 e. The molecule has 2 fully saturated rings. The molecule has 0 radical (unpaired) electrons. The average Bonchev–Trinajstić information content (AvgIpc) is 2.83. The Balaban J connectivity index is 1.82. The first-order valence-corrected chi connectivity index (χ1v) is 7.11. The van der Waals surface area contributed by atoms with Crippen molar-refractivity contribution in [3.8, 4) is 0 Å². The molecule has 2 aliphatic heterocycles. The minimum Gasteiger partial charge on any atom is -0.399 e. The van der Waals surface area contributed by atoms with Crippen molar-refractivity contribution in [1.29, 1.82) is 0 Å². The van der Waals surface area contributed by atoms with E-state index in [9.17, 15) is 14.0 Å². The fourth-order valence-corrected chi connectivity index (χ4v) is 3.17. The Kier molecular flexibility index (Phi) is 3.31.